The van der Waals surface area contributed by atoms with Gasteiger partial charge in [-0.3, -0.25) is 4.68 Å². The van der Waals surface area contributed by atoms with Crippen molar-refractivity contribution in [1.82, 2.24) is 14.8 Å². The highest BCUT2D eigenvalue weighted by molar-refractivity contribution is 6.33. The van der Waals surface area contributed by atoms with Gasteiger partial charge in [0.05, 0.1) is 11.6 Å². The number of carboxylic acid groups (broad SMARTS) is 1. The molecule has 2 aromatic heterocycles. The summed E-state index contributed by atoms with van der Waals surface area (Å²) < 4.78 is 1.78. The average Bonchev–Trinajstić information content (AvgIpc) is 2.84. The molecule has 0 spiro atoms. The lowest BCUT2D eigenvalue weighted by Crippen LogP contribution is -2.23. The van der Waals surface area contributed by atoms with Gasteiger partial charge in [0.25, 0.3) is 0 Å². The normalized spacial score (nSPS) is 12.1. The van der Waals surface area contributed by atoms with Gasteiger partial charge in [-0.2, -0.15) is 5.10 Å². The monoisotopic (exact) mass is 280 g/mol. The van der Waals surface area contributed by atoms with Crippen LogP contribution in [0.15, 0.2) is 30.6 Å². The van der Waals surface area contributed by atoms with E-state index in [0.29, 0.717) is 12.4 Å². The number of aromatic carboxylic acids is 1. The number of rotatable bonds is 5. The second-order valence-corrected chi connectivity index (χ2v) is 4.51. The molecule has 1 atom stereocenters. The summed E-state index contributed by atoms with van der Waals surface area (Å²) in [5.41, 5.74) is -0.155. The molecule has 2 rings (SSSR count). The topological polar surface area (TPSA) is 80.0 Å². The smallest absolute Gasteiger partial charge is 0.356 e. The van der Waals surface area contributed by atoms with Gasteiger partial charge in [-0.15, -0.1) is 0 Å². The van der Waals surface area contributed by atoms with Gasteiger partial charge < -0.3 is 10.4 Å². The summed E-state index contributed by atoms with van der Waals surface area (Å²) in [4.78, 5) is 14.9. The molecule has 7 heteroatoms. The number of hydrogen-bond acceptors (Lipinski definition) is 4. The van der Waals surface area contributed by atoms with Gasteiger partial charge in [0.2, 0.25) is 0 Å². The minimum absolute atomic E-state index is 0.0511. The predicted molar refractivity (Wildman–Crippen MR) is 71.5 cm³/mol. The van der Waals surface area contributed by atoms with Crippen molar-refractivity contribution in [2.45, 2.75) is 19.5 Å². The van der Waals surface area contributed by atoms with Crippen LogP contribution in [0.25, 0.3) is 0 Å². The zero-order valence-corrected chi connectivity index (χ0v) is 11.0. The Morgan fingerprint density at radius 1 is 1.58 bits per heavy atom. The summed E-state index contributed by atoms with van der Waals surface area (Å²) in [5, 5.41) is 16.3. The highest BCUT2D eigenvalue weighted by Gasteiger charge is 2.12. The van der Waals surface area contributed by atoms with Crippen molar-refractivity contribution in [2.75, 3.05) is 5.32 Å². The zero-order valence-electron chi connectivity index (χ0n) is 10.2. The molecular weight excluding hydrogens is 268 g/mol. The lowest BCUT2D eigenvalue weighted by Gasteiger charge is -2.15. The second kappa shape index (κ2) is 5.71. The van der Waals surface area contributed by atoms with Crippen molar-refractivity contribution < 1.29 is 9.90 Å². The van der Waals surface area contributed by atoms with Crippen LogP contribution in [0.3, 0.4) is 0 Å². The molecule has 19 heavy (non-hydrogen) atoms. The second-order valence-electron chi connectivity index (χ2n) is 4.11. The quantitative estimate of drug-likeness (QED) is 0.877. The molecule has 0 amide bonds. The number of carbonyl (C=O) groups is 1. The summed E-state index contributed by atoms with van der Waals surface area (Å²) in [6.45, 7) is 2.61. The molecule has 2 aromatic rings. The Hall–Kier alpha value is -2.08. The van der Waals surface area contributed by atoms with Gasteiger partial charge in [0.1, 0.15) is 5.82 Å². The van der Waals surface area contributed by atoms with Gasteiger partial charge in [-0.05, 0) is 25.1 Å². The third-order valence-electron chi connectivity index (χ3n) is 2.46. The van der Waals surface area contributed by atoms with Crippen LogP contribution in [0.4, 0.5) is 5.82 Å². The molecule has 6 nitrogen and oxygen atoms in total. The van der Waals surface area contributed by atoms with E-state index in [0.717, 1.165) is 0 Å². The number of anilines is 1. The fourth-order valence-electron chi connectivity index (χ4n) is 1.66. The van der Waals surface area contributed by atoms with Crippen molar-refractivity contribution in [3.05, 3.63) is 41.3 Å². The maximum atomic E-state index is 10.9. The molecule has 0 aliphatic heterocycles. The molecule has 0 aliphatic rings. The van der Waals surface area contributed by atoms with Crippen molar-refractivity contribution in [2.24, 2.45) is 0 Å². The Bertz CT molecular complexity index is 571. The molecule has 2 N–H and O–H groups in total. The Balaban J connectivity index is 2.06. The first-order valence-electron chi connectivity index (χ1n) is 5.70. The largest absolute Gasteiger partial charge is 0.476 e. The van der Waals surface area contributed by atoms with Gasteiger partial charge in [-0.1, -0.05) is 11.6 Å². The minimum Gasteiger partial charge on any atom is -0.476 e. The SMILES string of the molecule is CC(Cn1cccn1)Nc1ccc(Cl)c(C(=O)O)n1. The van der Waals surface area contributed by atoms with Crippen molar-refractivity contribution in [3.8, 4) is 0 Å². The standard InChI is InChI=1S/C12H13ClN4O2/c1-8(7-17-6-2-5-14-17)15-10-4-3-9(13)11(16-10)12(18)19/h2-6,8H,7H2,1H3,(H,15,16)(H,18,19). The van der Waals surface area contributed by atoms with E-state index in [9.17, 15) is 4.79 Å². The summed E-state index contributed by atoms with van der Waals surface area (Å²) in [7, 11) is 0. The average molecular weight is 281 g/mol. The lowest BCUT2D eigenvalue weighted by molar-refractivity contribution is 0.0691. The first kappa shape index (κ1) is 13.4. The van der Waals surface area contributed by atoms with Crippen LogP contribution in [0.2, 0.25) is 5.02 Å². The molecule has 100 valence electrons. The fraction of sp³-hybridized carbons (Fsp3) is 0.250. The first-order valence-corrected chi connectivity index (χ1v) is 6.08. The molecule has 0 fully saturated rings. The van der Waals surface area contributed by atoms with Crippen molar-refractivity contribution in [1.29, 1.82) is 0 Å². The van der Waals surface area contributed by atoms with Gasteiger partial charge >= 0.3 is 5.97 Å². The van der Waals surface area contributed by atoms with E-state index in [2.05, 4.69) is 15.4 Å². The third-order valence-corrected chi connectivity index (χ3v) is 2.77. The molecule has 1 unspecified atom stereocenters. The summed E-state index contributed by atoms with van der Waals surface area (Å²) >= 11 is 5.76. The van der Waals surface area contributed by atoms with E-state index in [1.165, 1.54) is 6.07 Å². The van der Waals surface area contributed by atoms with Crippen LogP contribution in [-0.2, 0) is 6.54 Å². The van der Waals surface area contributed by atoms with E-state index in [4.69, 9.17) is 16.7 Å². The molecule has 0 bridgehead atoms. The minimum atomic E-state index is -1.15. The molecule has 0 radical (unpaired) electrons. The third kappa shape index (κ3) is 3.45. The summed E-state index contributed by atoms with van der Waals surface area (Å²) in [6, 6.07) is 5.06. The maximum absolute atomic E-state index is 10.9. The molecule has 0 saturated heterocycles. The van der Waals surface area contributed by atoms with E-state index in [-0.39, 0.29) is 16.8 Å². The van der Waals surface area contributed by atoms with E-state index >= 15 is 0 Å². The molecule has 0 saturated carbocycles. The number of nitrogens with zero attached hydrogens (tertiary/aromatic N) is 3. The highest BCUT2D eigenvalue weighted by atomic mass is 35.5. The van der Waals surface area contributed by atoms with Crippen LogP contribution in [-0.4, -0.2) is 31.9 Å². The summed E-state index contributed by atoms with van der Waals surface area (Å²) in [6.07, 6.45) is 3.56. The Labute approximate surface area is 115 Å². The van der Waals surface area contributed by atoms with Gasteiger partial charge in [0.15, 0.2) is 5.69 Å². The molecule has 0 aromatic carbocycles. The number of aromatic nitrogens is 3. The fourth-order valence-corrected chi connectivity index (χ4v) is 1.85. The van der Waals surface area contributed by atoms with Crippen LogP contribution in [0.1, 0.15) is 17.4 Å². The van der Waals surface area contributed by atoms with Crippen LogP contribution < -0.4 is 5.32 Å². The zero-order chi connectivity index (χ0) is 13.8. The van der Waals surface area contributed by atoms with E-state index in [1.807, 2.05) is 19.2 Å². The Kier molecular flexibility index (Phi) is 4.01. The highest BCUT2D eigenvalue weighted by Crippen LogP contribution is 2.17. The molecular formula is C12H13ClN4O2. The number of halogens is 1. The van der Waals surface area contributed by atoms with Gasteiger partial charge in [-0.25, -0.2) is 9.78 Å². The Morgan fingerprint density at radius 3 is 3.00 bits per heavy atom. The molecule has 2 heterocycles. The van der Waals surface area contributed by atoms with Crippen molar-refractivity contribution >= 4 is 23.4 Å². The van der Waals surface area contributed by atoms with Crippen LogP contribution >= 0.6 is 11.6 Å². The van der Waals surface area contributed by atoms with E-state index in [1.54, 1.807) is 16.9 Å². The van der Waals surface area contributed by atoms with Crippen molar-refractivity contribution in [3.63, 3.8) is 0 Å². The number of hydrogen-bond donors (Lipinski definition) is 2. The predicted octanol–water partition coefficient (Wildman–Crippen LogP) is 2.13. The van der Waals surface area contributed by atoms with Crippen LogP contribution in [0, 0.1) is 0 Å². The lowest BCUT2D eigenvalue weighted by atomic mass is 10.3. The summed E-state index contributed by atoms with van der Waals surface area (Å²) in [5.74, 6) is -0.671. The maximum Gasteiger partial charge on any atom is 0.356 e. The van der Waals surface area contributed by atoms with Crippen LogP contribution in [0.5, 0.6) is 0 Å². The molecule has 0 aliphatic carbocycles. The number of carboxylic acids is 1. The van der Waals surface area contributed by atoms with E-state index < -0.39 is 5.97 Å². The first-order chi connectivity index (χ1) is 9.06. The number of pyridine rings is 1. The van der Waals surface area contributed by atoms with Gasteiger partial charge in [0, 0.05) is 18.4 Å². The number of nitrogens with one attached hydrogen (secondary N) is 1. The Morgan fingerprint density at radius 2 is 2.37 bits per heavy atom.